The predicted octanol–water partition coefficient (Wildman–Crippen LogP) is 3.93. The zero-order valence-electron chi connectivity index (χ0n) is 17.8. The smallest absolute Gasteiger partial charge is 0.289 e. The van der Waals surface area contributed by atoms with E-state index >= 15 is 0 Å². The van der Waals surface area contributed by atoms with Crippen molar-refractivity contribution in [2.75, 3.05) is 7.05 Å². The lowest BCUT2D eigenvalue weighted by Crippen LogP contribution is -2.52. The molecule has 3 aliphatic rings. The van der Waals surface area contributed by atoms with Gasteiger partial charge in [0.15, 0.2) is 12.0 Å². The van der Waals surface area contributed by atoms with Crippen molar-refractivity contribution in [3.8, 4) is 11.4 Å². The van der Waals surface area contributed by atoms with Gasteiger partial charge in [0.05, 0.1) is 17.8 Å². The second kappa shape index (κ2) is 7.41. The summed E-state index contributed by atoms with van der Waals surface area (Å²) in [6, 6.07) is 11.1. The van der Waals surface area contributed by atoms with E-state index in [9.17, 15) is 0 Å². The highest BCUT2D eigenvalue weighted by atomic mass is 127. The van der Waals surface area contributed by atoms with Crippen LogP contribution in [0.1, 0.15) is 35.9 Å². The Morgan fingerprint density at radius 2 is 2.09 bits per heavy atom. The zero-order valence-corrected chi connectivity index (χ0v) is 20.0. The van der Waals surface area contributed by atoms with Crippen LogP contribution in [0.4, 0.5) is 5.69 Å². The molecule has 2 aromatic heterocycles. The molecule has 0 saturated heterocycles. The third-order valence-corrected chi connectivity index (χ3v) is 8.30. The number of likely N-dealkylation sites (N-methyl/N-ethyl adjacent to an activating group) is 1. The minimum Gasteiger partial charge on any atom is -0.306 e. The lowest BCUT2D eigenvalue weighted by Gasteiger charge is -2.38. The Balaban J connectivity index is 1.55. The number of aryl methyl sites for hydroxylation is 1. The topological polar surface area (TPSA) is 58.1 Å². The highest BCUT2D eigenvalue weighted by molar-refractivity contribution is 14.1. The first-order chi connectivity index (χ1) is 15.6. The highest BCUT2D eigenvalue weighted by Crippen LogP contribution is 2.48. The fourth-order valence-corrected chi connectivity index (χ4v) is 6.95. The van der Waals surface area contributed by atoms with Crippen LogP contribution < -0.4 is 7.37 Å². The highest BCUT2D eigenvalue weighted by Gasteiger charge is 2.50. The summed E-state index contributed by atoms with van der Waals surface area (Å²) in [6.45, 7) is 4.62. The van der Waals surface area contributed by atoms with Crippen LogP contribution in [-0.4, -0.2) is 39.4 Å². The minimum atomic E-state index is 0.0166. The Bertz CT molecular complexity index is 1260. The van der Waals surface area contributed by atoms with E-state index in [1.165, 1.54) is 22.3 Å². The fourth-order valence-electron chi connectivity index (χ4n) is 5.62. The van der Waals surface area contributed by atoms with Crippen LogP contribution in [0.5, 0.6) is 0 Å². The summed E-state index contributed by atoms with van der Waals surface area (Å²) >= 11 is 2.46. The van der Waals surface area contributed by atoms with Crippen LogP contribution in [-0.2, 0) is 6.42 Å². The summed E-state index contributed by atoms with van der Waals surface area (Å²) in [6.07, 6.45) is 12.2. The van der Waals surface area contributed by atoms with Crippen LogP contribution in [0.3, 0.4) is 0 Å². The molecule has 4 unspecified atom stereocenters. The molecule has 0 bridgehead atoms. The van der Waals surface area contributed by atoms with Gasteiger partial charge in [-0.15, -0.1) is 0 Å². The Morgan fingerprint density at radius 1 is 1.22 bits per heavy atom. The van der Waals surface area contributed by atoms with Crippen LogP contribution in [0.25, 0.3) is 11.4 Å². The monoisotopic (exact) mass is 537 g/mol. The molecule has 3 aromatic rings. The number of hydrogen-bond donors (Lipinski definition) is 0. The van der Waals surface area contributed by atoms with Crippen molar-refractivity contribution in [1.29, 1.82) is 0 Å². The molecule has 0 amide bonds. The second-order valence-electron chi connectivity index (χ2n) is 8.78. The van der Waals surface area contributed by atoms with Gasteiger partial charge in [-0.1, -0.05) is 42.7 Å². The molecule has 3 aliphatic heterocycles. The van der Waals surface area contributed by atoms with Crippen LogP contribution in [0.15, 0.2) is 72.6 Å². The van der Waals surface area contributed by atoms with E-state index in [0.717, 1.165) is 30.8 Å². The van der Waals surface area contributed by atoms with Crippen LogP contribution in [0, 0.1) is 0 Å². The van der Waals surface area contributed by atoms with Crippen molar-refractivity contribution >= 4 is 34.9 Å². The van der Waals surface area contributed by atoms with Gasteiger partial charge in [-0.2, -0.15) is 0 Å². The number of rotatable bonds is 0. The van der Waals surface area contributed by atoms with Gasteiger partial charge in [-0.05, 0) is 37.0 Å². The molecule has 0 N–H and O–H groups in total. The SMILES string of the molecule is C=C1CC2c3ccccc3-c3ncnc[n+]3C2CCc2ccncc2[N+]2(I)N=CN(C)C12. The maximum atomic E-state index is 4.92. The molecule has 0 aliphatic carbocycles. The largest absolute Gasteiger partial charge is 0.306 e. The quantitative estimate of drug-likeness (QED) is 0.189. The molecule has 5 heterocycles. The lowest BCUT2D eigenvalue weighted by atomic mass is 9.77. The van der Waals surface area contributed by atoms with E-state index in [0.29, 0.717) is 8.72 Å². The Kier molecular flexibility index (Phi) is 4.62. The first-order valence-corrected chi connectivity index (χ1v) is 11.8. The third kappa shape index (κ3) is 2.85. The van der Waals surface area contributed by atoms with Gasteiger partial charge < -0.3 is 4.90 Å². The van der Waals surface area contributed by atoms with Crippen molar-refractivity contribution < 1.29 is 4.57 Å². The fraction of sp³-hybridized carbons (Fsp3) is 0.292. The number of halogens is 1. The molecule has 1 aromatic carbocycles. The van der Waals surface area contributed by atoms with Crippen molar-refractivity contribution in [3.05, 3.63) is 78.7 Å². The standard InChI is InChI=1S/C24H24IN7/c1-16-11-20-18-5-3-4-6-19(18)23-28-13-27-14-31(23)21(20)8-7-17-9-10-26-12-22(17)32(25)24(16)30(2)15-29-32/h3-6,9-10,12-15,20-21,24H,1,7-8,11H2,2H3/q+2. The van der Waals surface area contributed by atoms with E-state index in [2.05, 4.69) is 91.2 Å². The molecule has 8 heteroatoms. The molecule has 0 fully saturated rings. The Morgan fingerprint density at radius 3 is 3.00 bits per heavy atom. The Hall–Kier alpha value is -2.72. The summed E-state index contributed by atoms with van der Waals surface area (Å²) in [5, 5.41) is 4.92. The van der Waals surface area contributed by atoms with Crippen LogP contribution in [0.2, 0.25) is 0 Å². The molecule has 160 valence electrons. The zero-order chi connectivity index (χ0) is 21.9. The molecule has 0 saturated carbocycles. The molecule has 6 rings (SSSR count). The molecular weight excluding hydrogens is 513 g/mol. The predicted molar refractivity (Wildman–Crippen MR) is 132 cm³/mol. The van der Waals surface area contributed by atoms with Gasteiger partial charge in [0.25, 0.3) is 35.0 Å². The first kappa shape index (κ1) is 19.9. The average Bonchev–Trinajstić information content (AvgIpc) is 3.13. The summed E-state index contributed by atoms with van der Waals surface area (Å²) in [5.41, 5.74) is 6.11. The van der Waals surface area contributed by atoms with Crippen molar-refractivity contribution in [3.63, 3.8) is 0 Å². The number of aromatic nitrogens is 4. The number of quaternary nitrogens is 1. The van der Waals surface area contributed by atoms with Gasteiger partial charge in [-0.3, -0.25) is 4.98 Å². The summed E-state index contributed by atoms with van der Waals surface area (Å²) < 4.78 is 2.69. The Labute approximate surface area is 201 Å². The number of pyridine rings is 1. The van der Waals surface area contributed by atoms with Gasteiger partial charge in [0.2, 0.25) is 12.5 Å². The van der Waals surface area contributed by atoms with E-state index in [1.807, 2.05) is 25.1 Å². The normalized spacial score (nSPS) is 28.2. The first-order valence-electron chi connectivity index (χ1n) is 10.9. The molecule has 32 heavy (non-hydrogen) atoms. The van der Waals surface area contributed by atoms with Gasteiger partial charge in [-0.25, -0.2) is 4.57 Å². The lowest BCUT2D eigenvalue weighted by molar-refractivity contribution is -0.724. The number of benzene rings is 1. The van der Waals surface area contributed by atoms with E-state index in [4.69, 9.17) is 5.10 Å². The maximum Gasteiger partial charge on any atom is 0.289 e. The molecular formula is C24H24IN7+2. The second-order valence-corrected chi connectivity index (χ2v) is 10.2. The summed E-state index contributed by atoms with van der Waals surface area (Å²) in [7, 11) is 2.09. The third-order valence-electron chi connectivity index (χ3n) is 7.00. The van der Waals surface area contributed by atoms with Gasteiger partial charge in [0, 0.05) is 30.3 Å². The van der Waals surface area contributed by atoms with E-state index in [-0.39, 0.29) is 12.2 Å². The molecule has 7 nitrogen and oxygen atoms in total. The average molecular weight is 537 g/mol. The molecule has 0 spiro atoms. The van der Waals surface area contributed by atoms with Crippen molar-refractivity contribution in [2.45, 2.75) is 37.4 Å². The van der Waals surface area contributed by atoms with Gasteiger partial charge >= 0.3 is 0 Å². The summed E-state index contributed by atoms with van der Waals surface area (Å²) in [4.78, 5) is 15.7. The van der Waals surface area contributed by atoms with Crippen LogP contribution >= 0.6 is 22.9 Å². The van der Waals surface area contributed by atoms with E-state index < -0.39 is 0 Å². The van der Waals surface area contributed by atoms with Gasteiger partial charge in [0.1, 0.15) is 0 Å². The number of hydrogen-bond acceptors (Lipinski definition) is 5. The number of nitrogens with zero attached hydrogens (tertiary/aromatic N) is 7. The molecule has 4 atom stereocenters. The van der Waals surface area contributed by atoms with Crippen molar-refractivity contribution in [1.82, 2.24) is 22.7 Å². The van der Waals surface area contributed by atoms with Crippen molar-refractivity contribution in [2.24, 2.45) is 5.10 Å². The summed E-state index contributed by atoms with van der Waals surface area (Å²) in [5.74, 6) is 1.29. The van der Waals surface area contributed by atoms with E-state index in [1.54, 1.807) is 6.33 Å². The maximum absolute atomic E-state index is 4.92. The molecule has 0 radical (unpaired) electrons. The minimum absolute atomic E-state index is 0.0166. The number of fused-ring (bicyclic) bond motifs is 9.